The Kier molecular flexibility index (Phi) is 2.68. The van der Waals surface area contributed by atoms with E-state index in [0.717, 1.165) is 16.9 Å². The molecule has 1 aromatic carbocycles. The second kappa shape index (κ2) is 4.37. The second-order valence-corrected chi connectivity index (χ2v) is 4.57. The number of aryl methyl sites for hydroxylation is 2. The first-order valence-electron chi connectivity index (χ1n) is 6.07. The first-order valence-corrected chi connectivity index (χ1v) is 6.07. The third-order valence-corrected chi connectivity index (χ3v) is 3.29. The number of imidazole rings is 1. The van der Waals surface area contributed by atoms with E-state index >= 15 is 0 Å². The van der Waals surface area contributed by atoms with Crippen LogP contribution in [0.15, 0.2) is 36.7 Å². The molecule has 2 aromatic heterocycles. The van der Waals surface area contributed by atoms with Crippen molar-refractivity contribution in [1.82, 2.24) is 14.5 Å². The zero-order valence-corrected chi connectivity index (χ0v) is 10.9. The van der Waals surface area contributed by atoms with Crippen LogP contribution in [0.5, 0.6) is 0 Å². The smallest absolute Gasteiger partial charge is 0.142 e. The number of nitrogen functional groups attached to an aromatic ring is 1. The number of pyridine rings is 1. The standard InChI is InChI=1S/C14H15N5/c1-9-6-11-12(7-10(9)2)19(8-16-11)14-5-3-4-13(17-14)18-15/h3-8H,15H2,1-2H3,(H,17,18). The van der Waals surface area contributed by atoms with E-state index in [1.165, 1.54) is 11.1 Å². The summed E-state index contributed by atoms with van der Waals surface area (Å²) in [6, 6.07) is 9.87. The number of fused-ring (bicyclic) bond motifs is 1. The van der Waals surface area contributed by atoms with Crippen LogP contribution in [0, 0.1) is 13.8 Å². The van der Waals surface area contributed by atoms with Crippen LogP contribution in [0.25, 0.3) is 16.9 Å². The first-order chi connectivity index (χ1) is 9.19. The molecule has 0 amide bonds. The van der Waals surface area contributed by atoms with E-state index in [2.05, 4.69) is 41.4 Å². The van der Waals surface area contributed by atoms with Crippen LogP contribution in [0.2, 0.25) is 0 Å². The molecule has 0 saturated carbocycles. The summed E-state index contributed by atoms with van der Waals surface area (Å²) in [7, 11) is 0. The van der Waals surface area contributed by atoms with Gasteiger partial charge in [0, 0.05) is 0 Å². The summed E-state index contributed by atoms with van der Waals surface area (Å²) in [5.74, 6) is 6.81. The zero-order valence-electron chi connectivity index (χ0n) is 10.9. The van der Waals surface area contributed by atoms with E-state index < -0.39 is 0 Å². The molecule has 0 aliphatic heterocycles. The number of nitrogens with two attached hydrogens (primary N) is 1. The Morgan fingerprint density at radius 2 is 1.95 bits per heavy atom. The number of nitrogens with one attached hydrogen (secondary N) is 1. The quantitative estimate of drug-likeness (QED) is 0.543. The number of aromatic nitrogens is 3. The molecule has 19 heavy (non-hydrogen) atoms. The lowest BCUT2D eigenvalue weighted by molar-refractivity contribution is 1.02. The van der Waals surface area contributed by atoms with Crippen LogP contribution in [-0.2, 0) is 0 Å². The van der Waals surface area contributed by atoms with E-state index in [1.54, 1.807) is 6.33 Å². The van der Waals surface area contributed by atoms with Crippen LogP contribution in [0.1, 0.15) is 11.1 Å². The number of hydrazine groups is 1. The Bertz CT molecular complexity index is 745. The maximum absolute atomic E-state index is 5.39. The summed E-state index contributed by atoms with van der Waals surface area (Å²) in [6.45, 7) is 4.18. The average Bonchev–Trinajstić information content (AvgIpc) is 2.82. The highest BCUT2D eigenvalue weighted by Crippen LogP contribution is 2.21. The lowest BCUT2D eigenvalue weighted by Crippen LogP contribution is -2.09. The van der Waals surface area contributed by atoms with Crippen LogP contribution in [-0.4, -0.2) is 14.5 Å². The van der Waals surface area contributed by atoms with Crippen molar-refractivity contribution in [3.8, 4) is 5.82 Å². The molecule has 0 saturated heterocycles. The van der Waals surface area contributed by atoms with Gasteiger partial charge in [0.2, 0.25) is 0 Å². The molecular formula is C14H15N5. The highest BCUT2D eigenvalue weighted by molar-refractivity contribution is 5.79. The molecule has 2 heterocycles. The molecule has 0 bridgehead atoms. The molecule has 5 heteroatoms. The maximum atomic E-state index is 5.39. The Morgan fingerprint density at radius 3 is 2.74 bits per heavy atom. The molecule has 0 radical (unpaired) electrons. The van der Waals surface area contributed by atoms with Crippen molar-refractivity contribution in [2.75, 3.05) is 5.43 Å². The molecule has 0 fully saturated rings. The molecule has 0 aliphatic carbocycles. The number of nitrogens with zero attached hydrogens (tertiary/aromatic N) is 3. The van der Waals surface area contributed by atoms with Gasteiger partial charge in [0.1, 0.15) is 18.0 Å². The molecule has 3 N–H and O–H groups in total. The molecule has 5 nitrogen and oxygen atoms in total. The predicted octanol–water partition coefficient (Wildman–Crippen LogP) is 2.32. The van der Waals surface area contributed by atoms with Crippen LogP contribution in [0.4, 0.5) is 5.82 Å². The number of hydrogen-bond acceptors (Lipinski definition) is 4. The van der Waals surface area contributed by atoms with Gasteiger partial charge in [0.05, 0.1) is 11.0 Å². The molecule has 0 atom stereocenters. The van der Waals surface area contributed by atoms with Crippen molar-refractivity contribution in [3.05, 3.63) is 47.8 Å². The topological polar surface area (TPSA) is 68.8 Å². The van der Waals surface area contributed by atoms with Crippen molar-refractivity contribution in [2.24, 2.45) is 5.84 Å². The van der Waals surface area contributed by atoms with Gasteiger partial charge in [-0.2, -0.15) is 0 Å². The van der Waals surface area contributed by atoms with Crippen LogP contribution in [0.3, 0.4) is 0 Å². The fourth-order valence-corrected chi connectivity index (χ4v) is 2.08. The summed E-state index contributed by atoms with van der Waals surface area (Å²) in [6.07, 6.45) is 1.78. The third kappa shape index (κ3) is 1.94. The molecular weight excluding hydrogens is 238 g/mol. The van der Waals surface area contributed by atoms with E-state index in [4.69, 9.17) is 5.84 Å². The number of rotatable bonds is 2. The summed E-state index contributed by atoms with van der Waals surface area (Å²) in [5.41, 5.74) is 7.04. The van der Waals surface area contributed by atoms with Gasteiger partial charge < -0.3 is 5.43 Å². The Labute approximate surface area is 111 Å². The highest BCUT2D eigenvalue weighted by atomic mass is 15.3. The zero-order chi connectivity index (χ0) is 13.4. The molecule has 96 valence electrons. The summed E-state index contributed by atoms with van der Waals surface area (Å²) < 4.78 is 1.96. The SMILES string of the molecule is Cc1cc2ncn(-c3cccc(NN)n3)c2cc1C. The number of benzene rings is 1. The summed E-state index contributed by atoms with van der Waals surface area (Å²) in [4.78, 5) is 8.85. The fraction of sp³-hybridized carbons (Fsp3) is 0.143. The third-order valence-electron chi connectivity index (χ3n) is 3.29. The van der Waals surface area contributed by atoms with Gasteiger partial charge in [-0.15, -0.1) is 0 Å². The number of hydrogen-bond donors (Lipinski definition) is 2. The maximum Gasteiger partial charge on any atom is 0.142 e. The summed E-state index contributed by atoms with van der Waals surface area (Å²) in [5, 5.41) is 0. The minimum atomic E-state index is 0.628. The van der Waals surface area contributed by atoms with Gasteiger partial charge in [0.15, 0.2) is 0 Å². The van der Waals surface area contributed by atoms with Gasteiger partial charge >= 0.3 is 0 Å². The molecule has 0 spiro atoms. The van der Waals surface area contributed by atoms with Crippen molar-refractivity contribution in [2.45, 2.75) is 13.8 Å². The normalized spacial score (nSPS) is 10.9. The van der Waals surface area contributed by atoms with E-state index in [-0.39, 0.29) is 0 Å². The van der Waals surface area contributed by atoms with E-state index in [0.29, 0.717) is 5.82 Å². The lowest BCUT2D eigenvalue weighted by atomic mass is 10.1. The average molecular weight is 253 g/mol. The van der Waals surface area contributed by atoms with Gasteiger partial charge in [-0.3, -0.25) is 4.57 Å². The fourth-order valence-electron chi connectivity index (χ4n) is 2.08. The highest BCUT2D eigenvalue weighted by Gasteiger charge is 2.07. The van der Waals surface area contributed by atoms with Crippen molar-refractivity contribution < 1.29 is 0 Å². The summed E-state index contributed by atoms with van der Waals surface area (Å²) >= 11 is 0. The lowest BCUT2D eigenvalue weighted by Gasteiger charge is -2.06. The number of anilines is 1. The largest absolute Gasteiger partial charge is 0.308 e. The van der Waals surface area contributed by atoms with Crippen molar-refractivity contribution >= 4 is 16.9 Å². The monoisotopic (exact) mass is 253 g/mol. The van der Waals surface area contributed by atoms with E-state index in [1.807, 2.05) is 22.8 Å². The van der Waals surface area contributed by atoms with Gasteiger partial charge in [-0.1, -0.05) is 6.07 Å². The molecule has 3 aromatic rings. The Hall–Kier alpha value is -2.40. The van der Waals surface area contributed by atoms with Gasteiger partial charge in [-0.25, -0.2) is 15.8 Å². The van der Waals surface area contributed by atoms with Crippen molar-refractivity contribution in [3.63, 3.8) is 0 Å². The molecule has 3 rings (SSSR count). The second-order valence-electron chi connectivity index (χ2n) is 4.57. The van der Waals surface area contributed by atoms with Gasteiger partial charge in [-0.05, 0) is 49.2 Å². The molecule has 0 unspecified atom stereocenters. The predicted molar refractivity (Wildman–Crippen MR) is 76.1 cm³/mol. The van der Waals surface area contributed by atoms with Crippen LogP contribution < -0.4 is 11.3 Å². The van der Waals surface area contributed by atoms with Crippen molar-refractivity contribution in [1.29, 1.82) is 0 Å². The van der Waals surface area contributed by atoms with Crippen LogP contribution >= 0.6 is 0 Å². The minimum Gasteiger partial charge on any atom is -0.308 e. The van der Waals surface area contributed by atoms with E-state index in [9.17, 15) is 0 Å². The Balaban J connectivity index is 2.22. The minimum absolute atomic E-state index is 0.628. The first kappa shape index (κ1) is 11.7. The Morgan fingerprint density at radius 1 is 1.16 bits per heavy atom. The van der Waals surface area contributed by atoms with Gasteiger partial charge in [0.25, 0.3) is 0 Å². The molecule has 0 aliphatic rings.